The van der Waals surface area contributed by atoms with Crippen LogP contribution >= 0.6 is 0 Å². The molecule has 0 amide bonds. The van der Waals surface area contributed by atoms with Gasteiger partial charge in [-0.3, -0.25) is 0 Å². The van der Waals surface area contributed by atoms with Crippen molar-refractivity contribution in [2.45, 2.75) is 59.8 Å². The fraction of sp³-hybridized carbons (Fsp3) is 0.706. The molecule has 0 saturated heterocycles. The van der Waals surface area contributed by atoms with E-state index in [1.165, 1.54) is 0 Å². The molecule has 0 unspecified atom stereocenters. The van der Waals surface area contributed by atoms with Gasteiger partial charge in [0.05, 0.1) is 6.61 Å². The number of hydrogen-bond donors (Lipinski definition) is 0. The third-order valence-electron chi connectivity index (χ3n) is 3.36. The average Bonchev–Trinajstić information content (AvgIpc) is 2.52. The van der Waals surface area contributed by atoms with E-state index < -0.39 is 0 Å². The lowest BCUT2D eigenvalue weighted by molar-refractivity contribution is 0.0526. The Hall–Kier alpha value is -1.65. The van der Waals surface area contributed by atoms with Gasteiger partial charge in [0.15, 0.2) is 0 Å². The van der Waals surface area contributed by atoms with Gasteiger partial charge in [0, 0.05) is 25.7 Å². The van der Waals surface area contributed by atoms with Crippen LogP contribution in [0.3, 0.4) is 0 Å². The maximum absolute atomic E-state index is 12.2. The zero-order valence-corrected chi connectivity index (χ0v) is 14.4. The summed E-state index contributed by atoms with van der Waals surface area (Å²) in [4.78, 5) is 23.3. The van der Waals surface area contributed by atoms with Crippen molar-refractivity contribution in [2.24, 2.45) is 0 Å². The Labute approximate surface area is 134 Å². The number of anilines is 1. The molecule has 1 heterocycles. The number of aromatic nitrogens is 2. The first-order valence-electron chi connectivity index (χ1n) is 8.45. The fourth-order valence-electron chi connectivity index (χ4n) is 2.29. The normalized spacial score (nSPS) is 10.5. The Morgan fingerprint density at radius 3 is 2.50 bits per heavy atom. The average molecular weight is 307 g/mol. The maximum atomic E-state index is 12.2. The smallest absolute Gasteiger partial charge is 0.343 e. The second kappa shape index (κ2) is 10.1. The van der Waals surface area contributed by atoms with Crippen molar-refractivity contribution in [1.29, 1.82) is 0 Å². The number of rotatable bonds is 10. The number of ether oxygens (including phenoxy) is 1. The molecule has 5 nitrogen and oxygen atoms in total. The third-order valence-corrected chi connectivity index (χ3v) is 3.36. The number of unbranched alkanes of at least 4 members (excludes halogenated alkanes) is 1. The van der Waals surface area contributed by atoms with Crippen LogP contribution in [0.5, 0.6) is 0 Å². The molecule has 22 heavy (non-hydrogen) atoms. The van der Waals surface area contributed by atoms with Crippen molar-refractivity contribution in [1.82, 2.24) is 9.97 Å². The molecule has 5 heteroatoms. The molecular formula is C17H29N3O2. The minimum Gasteiger partial charge on any atom is -0.462 e. The Morgan fingerprint density at radius 2 is 1.91 bits per heavy atom. The van der Waals surface area contributed by atoms with E-state index in [-0.39, 0.29) is 5.97 Å². The fourth-order valence-corrected chi connectivity index (χ4v) is 2.29. The summed E-state index contributed by atoms with van der Waals surface area (Å²) >= 11 is 0. The first-order valence-corrected chi connectivity index (χ1v) is 8.45. The molecule has 0 aromatic carbocycles. The van der Waals surface area contributed by atoms with E-state index >= 15 is 0 Å². The molecule has 0 aliphatic rings. The Kier molecular flexibility index (Phi) is 8.48. The summed E-state index contributed by atoms with van der Waals surface area (Å²) in [5.41, 5.74) is 0.478. The van der Waals surface area contributed by atoms with Crippen molar-refractivity contribution < 1.29 is 9.53 Å². The third kappa shape index (κ3) is 5.28. The predicted molar refractivity (Wildman–Crippen MR) is 89.4 cm³/mol. The van der Waals surface area contributed by atoms with Gasteiger partial charge in [-0.05, 0) is 26.2 Å². The van der Waals surface area contributed by atoms with Gasteiger partial charge in [0.25, 0.3) is 0 Å². The summed E-state index contributed by atoms with van der Waals surface area (Å²) in [7, 11) is 0. The van der Waals surface area contributed by atoms with Gasteiger partial charge in [0.2, 0.25) is 0 Å². The lowest BCUT2D eigenvalue weighted by Crippen LogP contribution is -2.29. The van der Waals surface area contributed by atoms with Crippen LogP contribution in [0, 0.1) is 0 Å². The molecular weight excluding hydrogens is 278 g/mol. The highest BCUT2D eigenvalue weighted by Gasteiger charge is 2.20. The molecule has 1 aromatic heterocycles. The van der Waals surface area contributed by atoms with Crippen molar-refractivity contribution >= 4 is 11.8 Å². The number of nitrogens with zero attached hydrogens (tertiary/aromatic N) is 3. The van der Waals surface area contributed by atoms with Gasteiger partial charge in [-0.2, -0.15) is 0 Å². The molecule has 0 fully saturated rings. The number of carbonyl (C=O) groups is 1. The quantitative estimate of drug-likeness (QED) is 0.618. The minimum atomic E-state index is -0.335. The number of hydrogen-bond acceptors (Lipinski definition) is 5. The SMILES string of the molecule is CCCCN(CCC)c1nc(CCC)ncc1C(=O)OCC. The first-order chi connectivity index (χ1) is 10.7. The van der Waals surface area contributed by atoms with Gasteiger partial charge in [0.1, 0.15) is 17.2 Å². The van der Waals surface area contributed by atoms with Crippen LogP contribution < -0.4 is 4.90 Å². The monoisotopic (exact) mass is 307 g/mol. The van der Waals surface area contributed by atoms with Crippen molar-refractivity contribution in [2.75, 3.05) is 24.6 Å². The maximum Gasteiger partial charge on any atom is 0.343 e. The van der Waals surface area contributed by atoms with Gasteiger partial charge in [-0.1, -0.05) is 27.2 Å². The van der Waals surface area contributed by atoms with Crippen molar-refractivity contribution in [3.63, 3.8) is 0 Å². The van der Waals surface area contributed by atoms with Crippen LogP contribution in [-0.2, 0) is 11.2 Å². The minimum absolute atomic E-state index is 0.335. The summed E-state index contributed by atoms with van der Waals surface area (Å²) in [6, 6.07) is 0. The van der Waals surface area contributed by atoms with E-state index in [1.807, 2.05) is 6.92 Å². The van der Waals surface area contributed by atoms with Crippen LogP contribution in [0.2, 0.25) is 0 Å². The van der Waals surface area contributed by atoms with Crippen LogP contribution in [0.1, 0.15) is 69.6 Å². The molecule has 1 rings (SSSR count). The lowest BCUT2D eigenvalue weighted by Gasteiger charge is -2.25. The largest absolute Gasteiger partial charge is 0.462 e. The molecule has 0 aliphatic carbocycles. The van der Waals surface area contributed by atoms with Crippen LogP contribution in [0.15, 0.2) is 6.20 Å². The van der Waals surface area contributed by atoms with E-state index in [0.29, 0.717) is 12.2 Å². The van der Waals surface area contributed by atoms with E-state index in [9.17, 15) is 4.79 Å². The van der Waals surface area contributed by atoms with E-state index in [0.717, 1.165) is 56.8 Å². The molecule has 1 aromatic rings. The Balaban J connectivity index is 3.16. The Morgan fingerprint density at radius 1 is 1.14 bits per heavy atom. The molecule has 0 N–H and O–H groups in total. The van der Waals surface area contributed by atoms with Crippen molar-refractivity contribution in [3.8, 4) is 0 Å². The van der Waals surface area contributed by atoms with Crippen LogP contribution in [0.25, 0.3) is 0 Å². The van der Waals surface area contributed by atoms with E-state index in [1.54, 1.807) is 6.20 Å². The highest BCUT2D eigenvalue weighted by atomic mass is 16.5. The number of aryl methyl sites for hydroxylation is 1. The molecule has 124 valence electrons. The summed E-state index contributed by atoms with van der Waals surface area (Å²) in [5.74, 6) is 1.19. The second-order valence-electron chi connectivity index (χ2n) is 5.33. The number of carbonyl (C=O) groups excluding carboxylic acids is 1. The van der Waals surface area contributed by atoms with Gasteiger partial charge in [-0.15, -0.1) is 0 Å². The van der Waals surface area contributed by atoms with Crippen molar-refractivity contribution in [3.05, 3.63) is 17.6 Å². The molecule has 0 aliphatic heterocycles. The molecule has 0 radical (unpaired) electrons. The lowest BCUT2D eigenvalue weighted by atomic mass is 10.2. The van der Waals surface area contributed by atoms with Gasteiger partial charge < -0.3 is 9.64 Å². The van der Waals surface area contributed by atoms with Gasteiger partial charge >= 0.3 is 5.97 Å². The summed E-state index contributed by atoms with van der Waals surface area (Å²) < 4.78 is 5.16. The van der Waals surface area contributed by atoms with Gasteiger partial charge in [-0.25, -0.2) is 14.8 Å². The summed E-state index contributed by atoms with van der Waals surface area (Å²) in [6.07, 6.45) is 6.64. The topological polar surface area (TPSA) is 55.3 Å². The summed E-state index contributed by atoms with van der Waals surface area (Å²) in [6.45, 7) is 10.4. The van der Waals surface area contributed by atoms with Crippen LogP contribution in [-0.4, -0.2) is 35.6 Å². The number of esters is 1. The molecule has 0 spiro atoms. The predicted octanol–water partition coefficient (Wildman–Crippen LogP) is 3.62. The zero-order valence-electron chi connectivity index (χ0n) is 14.4. The highest BCUT2D eigenvalue weighted by molar-refractivity contribution is 5.94. The molecule has 0 atom stereocenters. The Bertz CT molecular complexity index is 463. The molecule has 0 saturated carbocycles. The van der Waals surface area contributed by atoms with E-state index in [2.05, 4.69) is 35.6 Å². The summed E-state index contributed by atoms with van der Waals surface area (Å²) in [5, 5.41) is 0. The first kappa shape index (κ1) is 18.4. The van der Waals surface area contributed by atoms with Crippen LogP contribution in [0.4, 0.5) is 5.82 Å². The van der Waals surface area contributed by atoms with E-state index in [4.69, 9.17) is 4.74 Å². The zero-order chi connectivity index (χ0) is 16.4. The standard InChI is InChI=1S/C17H29N3O2/c1-5-9-12-20(11-7-3)16-14(17(21)22-8-4)13-18-15(19-16)10-6-2/h13H,5-12H2,1-4H3. The molecule has 0 bridgehead atoms. The second-order valence-corrected chi connectivity index (χ2v) is 5.33. The highest BCUT2D eigenvalue weighted by Crippen LogP contribution is 2.20.